The molecule has 0 amide bonds. The lowest BCUT2D eigenvalue weighted by Crippen LogP contribution is -2.57. The zero-order valence-corrected chi connectivity index (χ0v) is 17.1. The van der Waals surface area contributed by atoms with E-state index in [4.69, 9.17) is 10.1 Å². The Kier molecular flexibility index (Phi) is 3.05. The summed E-state index contributed by atoms with van der Waals surface area (Å²) in [5.74, 6) is 6.59. The quantitative estimate of drug-likeness (QED) is 0.641. The lowest BCUT2D eigenvalue weighted by molar-refractivity contribution is -0.177. The highest BCUT2D eigenvalue weighted by Crippen LogP contribution is 2.79. The topological polar surface area (TPSA) is 50.2 Å². The largest absolute Gasteiger partial charge is 0.458 e. The predicted octanol–water partition coefficient (Wildman–Crippen LogP) is 5.15. The van der Waals surface area contributed by atoms with Gasteiger partial charge in [0, 0.05) is 23.5 Å². The fourth-order valence-electron chi connectivity index (χ4n) is 9.66. The summed E-state index contributed by atoms with van der Waals surface area (Å²) in [5, 5.41) is 8.22. The maximum absolute atomic E-state index is 12.2. The number of fused-ring (bicyclic) bond motifs is 9. The number of allylic oxidation sites excluding steroid dienone is 2. The molecular formula is C25H33NO2. The highest BCUT2D eigenvalue weighted by atomic mass is 16.6. The van der Waals surface area contributed by atoms with Gasteiger partial charge < -0.3 is 10.1 Å². The minimum Gasteiger partial charge on any atom is -0.458 e. The Balaban J connectivity index is 1.32. The van der Waals surface area contributed by atoms with E-state index < -0.39 is 0 Å². The van der Waals surface area contributed by atoms with Gasteiger partial charge in [0.1, 0.15) is 5.60 Å². The van der Waals surface area contributed by atoms with Gasteiger partial charge in [-0.1, -0.05) is 12.5 Å². The third kappa shape index (κ3) is 1.88. The fourth-order valence-corrected chi connectivity index (χ4v) is 9.66. The van der Waals surface area contributed by atoms with Gasteiger partial charge in [-0.25, -0.2) is 0 Å². The van der Waals surface area contributed by atoms with Crippen LogP contribution >= 0.6 is 0 Å². The predicted molar refractivity (Wildman–Crippen MR) is 107 cm³/mol. The number of rotatable bonds is 1. The van der Waals surface area contributed by atoms with Crippen molar-refractivity contribution in [3.8, 4) is 0 Å². The molecular weight excluding hydrogens is 346 g/mol. The Bertz CT molecular complexity index is 811. The van der Waals surface area contributed by atoms with E-state index in [1.54, 1.807) is 5.57 Å². The molecule has 3 nitrogen and oxygen atoms in total. The second kappa shape index (κ2) is 5.13. The van der Waals surface area contributed by atoms with Crippen molar-refractivity contribution in [2.75, 3.05) is 0 Å². The first-order valence-electron chi connectivity index (χ1n) is 12.0. The first-order chi connectivity index (χ1) is 13.5. The molecule has 9 atom stereocenters. The number of ether oxygens (including phenoxy) is 1. The molecule has 1 heterocycles. The van der Waals surface area contributed by atoms with Crippen molar-refractivity contribution >= 4 is 11.7 Å². The van der Waals surface area contributed by atoms with Gasteiger partial charge in [-0.15, -0.1) is 0 Å². The number of hydrogen-bond acceptors (Lipinski definition) is 3. The van der Waals surface area contributed by atoms with Crippen LogP contribution in [0.3, 0.4) is 0 Å². The van der Waals surface area contributed by atoms with E-state index in [9.17, 15) is 4.79 Å². The molecule has 3 heteroatoms. The SMILES string of the molecule is C[C@]12CCC3C(C(C4CC4)CC4=CC(=N)CC[C@@H]43)C1C1CC1[C@@]21CCC(=O)O1. The molecule has 1 aliphatic heterocycles. The summed E-state index contributed by atoms with van der Waals surface area (Å²) in [6.45, 7) is 2.53. The van der Waals surface area contributed by atoms with Gasteiger partial charge in [-0.05, 0) is 105 Å². The first kappa shape index (κ1) is 16.7. The zero-order valence-electron chi connectivity index (χ0n) is 17.1. The number of esters is 1. The summed E-state index contributed by atoms with van der Waals surface area (Å²) in [6, 6.07) is 0. The Morgan fingerprint density at radius 3 is 2.68 bits per heavy atom. The van der Waals surface area contributed by atoms with Gasteiger partial charge in [-0.3, -0.25) is 4.79 Å². The normalized spacial score (nSPS) is 56.5. The molecule has 0 aromatic rings. The number of carbonyl (C=O) groups excluding carboxylic acids is 1. The van der Waals surface area contributed by atoms with E-state index in [-0.39, 0.29) is 17.0 Å². The number of carbonyl (C=O) groups is 1. The van der Waals surface area contributed by atoms with Crippen LogP contribution in [-0.2, 0) is 9.53 Å². The van der Waals surface area contributed by atoms with Crippen LogP contribution in [0.2, 0.25) is 0 Å². The van der Waals surface area contributed by atoms with Crippen LogP contribution in [-0.4, -0.2) is 17.3 Å². The second-order valence-corrected chi connectivity index (χ2v) is 11.7. The maximum atomic E-state index is 12.2. The molecule has 0 aromatic heterocycles. The Morgan fingerprint density at radius 2 is 1.93 bits per heavy atom. The monoisotopic (exact) mass is 379 g/mol. The lowest BCUT2D eigenvalue weighted by atomic mass is 9.46. The third-order valence-corrected chi connectivity index (χ3v) is 10.8. The van der Waals surface area contributed by atoms with Crippen molar-refractivity contribution in [1.82, 2.24) is 0 Å². The van der Waals surface area contributed by atoms with E-state index in [0.29, 0.717) is 12.3 Å². The summed E-state index contributed by atoms with van der Waals surface area (Å²) < 4.78 is 6.27. The third-order valence-electron chi connectivity index (χ3n) is 10.8. The van der Waals surface area contributed by atoms with Crippen LogP contribution in [0, 0.1) is 58.2 Å². The van der Waals surface area contributed by atoms with Crippen LogP contribution in [0.25, 0.3) is 0 Å². The second-order valence-electron chi connectivity index (χ2n) is 11.7. The molecule has 6 unspecified atom stereocenters. The summed E-state index contributed by atoms with van der Waals surface area (Å²) >= 11 is 0. The van der Waals surface area contributed by atoms with Crippen molar-refractivity contribution in [3.05, 3.63) is 11.6 Å². The van der Waals surface area contributed by atoms with E-state index in [1.165, 1.54) is 44.9 Å². The molecule has 1 spiro atoms. The summed E-state index contributed by atoms with van der Waals surface area (Å²) in [7, 11) is 0. The molecule has 7 aliphatic rings. The van der Waals surface area contributed by atoms with Crippen LogP contribution < -0.4 is 0 Å². The van der Waals surface area contributed by atoms with Gasteiger partial charge in [0.2, 0.25) is 0 Å². The van der Waals surface area contributed by atoms with Crippen molar-refractivity contribution < 1.29 is 9.53 Å². The molecule has 1 N–H and O–H groups in total. The van der Waals surface area contributed by atoms with E-state index in [0.717, 1.165) is 60.0 Å². The van der Waals surface area contributed by atoms with Crippen LogP contribution in [0.15, 0.2) is 11.6 Å². The van der Waals surface area contributed by atoms with Crippen LogP contribution in [0.5, 0.6) is 0 Å². The van der Waals surface area contributed by atoms with Crippen molar-refractivity contribution in [2.24, 2.45) is 52.8 Å². The standard InChI is InChI=1S/C25H33NO2/c1-24-8-6-17-16-5-4-15(26)10-14(16)11-18(13-2-3-13)22(17)23(24)19-12-20(19)25(24)9-7-21(27)28-25/h10,13,16-20,22-23,26H,2-9,11-12H2,1H3/t16-,17?,18?,19?,20?,22?,23?,24-,25-/m0/s1. The molecule has 7 rings (SSSR count). The van der Waals surface area contributed by atoms with E-state index >= 15 is 0 Å². The number of hydrogen-bond donors (Lipinski definition) is 1. The van der Waals surface area contributed by atoms with Crippen molar-refractivity contribution in [1.29, 1.82) is 5.41 Å². The van der Waals surface area contributed by atoms with Gasteiger partial charge in [0.05, 0.1) is 0 Å². The Morgan fingerprint density at radius 1 is 1.07 bits per heavy atom. The lowest BCUT2D eigenvalue weighted by Gasteiger charge is -2.59. The highest BCUT2D eigenvalue weighted by Gasteiger charge is 2.79. The van der Waals surface area contributed by atoms with Crippen molar-refractivity contribution in [3.63, 3.8) is 0 Å². The molecule has 0 radical (unpaired) electrons. The summed E-state index contributed by atoms with van der Waals surface area (Å²) in [6.07, 6.45) is 14.2. The molecule has 0 aromatic carbocycles. The first-order valence-corrected chi connectivity index (χ1v) is 12.0. The minimum absolute atomic E-state index is 0.0769. The average Bonchev–Trinajstić information content (AvgIpc) is 3.59. The van der Waals surface area contributed by atoms with E-state index in [2.05, 4.69) is 13.0 Å². The molecule has 6 fully saturated rings. The van der Waals surface area contributed by atoms with Gasteiger partial charge >= 0.3 is 5.97 Å². The van der Waals surface area contributed by atoms with Crippen LogP contribution in [0.1, 0.15) is 71.1 Å². The zero-order chi connectivity index (χ0) is 18.8. The van der Waals surface area contributed by atoms with Gasteiger partial charge in [-0.2, -0.15) is 0 Å². The van der Waals surface area contributed by atoms with E-state index in [1.807, 2.05) is 0 Å². The highest BCUT2D eigenvalue weighted by molar-refractivity contribution is 5.93. The summed E-state index contributed by atoms with van der Waals surface area (Å²) in [4.78, 5) is 12.2. The number of nitrogens with one attached hydrogen (secondary N) is 1. The van der Waals surface area contributed by atoms with Gasteiger partial charge in [0.25, 0.3) is 0 Å². The molecule has 6 aliphatic carbocycles. The molecule has 0 bridgehead atoms. The molecule has 1 saturated heterocycles. The van der Waals surface area contributed by atoms with Crippen molar-refractivity contribution in [2.45, 2.75) is 76.7 Å². The average molecular weight is 380 g/mol. The van der Waals surface area contributed by atoms with Gasteiger partial charge in [0.15, 0.2) is 0 Å². The Labute approximate surface area is 168 Å². The molecule has 5 saturated carbocycles. The summed E-state index contributed by atoms with van der Waals surface area (Å²) in [5.41, 5.74) is 2.64. The minimum atomic E-state index is -0.108. The fraction of sp³-hybridized carbons (Fsp3) is 0.840. The van der Waals surface area contributed by atoms with Crippen LogP contribution in [0.4, 0.5) is 0 Å². The smallest absolute Gasteiger partial charge is 0.306 e. The molecule has 28 heavy (non-hydrogen) atoms. The maximum Gasteiger partial charge on any atom is 0.306 e. The Hall–Kier alpha value is -1.12. The molecule has 150 valence electrons.